The minimum absolute atomic E-state index is 0.00630. The molecule has 0 unspecified atom stereocenters. The molecular formula is C77H106O5Si2. The van der Waals surface area contributed by atoms with Crippen molar-refractivity contribution < 1.29 is 23.4 Å². The van der Waals surface area contributed by atoms with Crippen LogP contribution in [-0.4, -0.2) is 54.3 Å². The van der Waals surface area contributed by atoms with Gasteiger partial charge in [0.2, 0.25) is 0 Å². The van der Waals surface area contributed by atoms with Crippen molar-refractivity contribution >= 4 is 37.4 Å². The average Bonchev–Trinajstić information content (AvgIpc) is 1.36. The first-order valence-electron chi connectivity index (χ1n) is 33.1. The van der Waals surface area contributed by atoms with Gasteiger partial charge in [-0.3, -0.25) is 0 Å². The summed E-state index contributed by atoms with van der Waals surface area (Å²) >= 11 is 0. The van der Waals surface area contributed by atoms with E-state index in [4.69, 9.17) is 18.3 Å². The van der Waals surface area contributed by atoms with Crippen molar-refractivity contribution in [2.75, 3.05) is 14.2 Å². The van der Waals surface area contributed by atoms with Gasteiger partial charge in [0.25, 0.3) is 16.6 Å². The van der Waals surface area contributed by atoms with E-state index in [0.717, 1.165) is 81.6 Å². The fraction of sp³-hybridized carbons (Fsp3) is 0.532. The van der Waals surface area contributed by atoms with Gasteiger partial charge in [-0.05, 0) is 171 Å². The van der Waals surface area contributed by atoms with Crippen LogP contribution in [0.2, 0.25) is 10.1 Å². The van der Waals surface area contributed by atoms with Crippen LogP contribution in [0.5, 0.6) is 11.5 Å². The standard InChI is InChI=1S/C39H54O2Si.C38H52O3Si/c1-7-8-11-17-29(2)24-25-34-35-26-30-18-16-23-37(40-6)36(30)27-31(35)28-38(34)41-42(39(3,4)5,32-19-12-9-13-20-32)33-21-14-10-15-22-33;1-6-7-10-17-30(39)23-24-33-34-25-28-16-15-22-36(40-5)35(28)26-29(34)27-37(33)41-42(38(2,3)4,31-18-11-8-12-19-31)32-20-13-9-14-21-32/h9-10,12-16,18-23,29,31,34-35,38H,7-8,11,17,24-28H2,1-6H3;8-9,11-16,18-22,29-30,33-34,37,39H,6-7,10,17,23-27H2,1-5H3/t29-,31-,34+,35-,38+;29-,30-,33+,34-,37+/m00/s1. The number of benzene rings is 6. The molecular weight excluding hydrogens is 1060 g/mol. The maximum atomic E-state index is 11.0. The lowest BCUT2D eigenvalue weighted by atomic mass is 9.73. The molecule has 10 rings (SSSR count). The first-order chi connectivity index (χ1) is 40.6. The Morgan fingerprint density at radius 1 is 0.452 bits per heavy atom. The van der Waals surface area contributed by atoms with E-state index in [-0.39, 0.29) is 28.4 Å². The van der Waals surface area contributed by atoms with Gasteiger partial charge in [-0.25, -0.2) is 0 Å². The van der Waals surface area contributed by atoms with Gasteiger partial charge in [-0.1, -0.05) is 259 Å². The Morgan fingerprint density at radius 3 is 1.18 bits per heavy atom. The van der Waals surface area contributed by atoms with E-state index in [0.29, 0.717) is 35.5 Å². The van der Waals surface area contributed by atoms with Crippen molar-refractivity contribution in [1.82, 2.24) is 0 Å². The van der Waals surface area contributed by atoms with E-state index in [1.54, 1.807) is 7.11 Å². The fourth-order valence-electron chi connectivity index (χ4n) is 16.6. The van der Waals surface area contributed by atoms with E-state index in [9.17, 15) is 5.11 Å². The summed E-state index contributed by atoms with van der Waals surface area (Å²) in [4.78, 5) is 0. The lowest BCUT2D eigenvalue weighted by Crippen LogP contribution is -2.68. The predicted octanol–water partition coefficient (Wildman–Crippen LogP) is 16.7. The van der Waals surface area contributed by atoms with Gasteiger partial charge in [0.15, 0.2) is 0 Å². The molecule has 0 spiro atoms. The van der Waals surface area contributed by atoms with Crippen LogP contribution >= 0.6 is 0 Å². The van der Waals surface area contributed by atoms with Gasteiger partial charge < -0.3 is 23.4 Å². The predicted molar refractivity (Wildman–Crippen MR) is 358 cm³/mol. The maximum Gasteiger partial charge on any atom is 0.261 e. The molecule has 0 aromatic heterocycles. The summed E-state index contributed by atoms with van der Waals surface area (Å²) in [5.41, 5.74) is 5.78. The van der Waals surface area contributed by atoms with E-state index in [1.165, 1.54) is 94.4 Å². The first kappa shape index (κ1) is 63.7. The molecule has 4 aliphatic carbocycles. The van der Waals surface area contributed by atoms with Crippen LogP contribution in [0.1, 0.15) is 174 Å². The Balaban J connectivity index is 0.000000202. The normalized spacial score (nSPS) is 22.8. The Hall–Kier alpha value is -4.77. The molecule has 0 saturated heterocycles. The quantitative estimate of drug-likeness (QED) is 0.0483. The summed E-state index contributed by atoms with van der Waals surface area (Å²) in [6, 6.07) is 58.0. The second kappa shape index (κ2) is 28.8. The van der Waals surface area contributed by atoms with E-state index in [2.05, 4.69) is 220 Å². The number of aliphatic hydroxyl groups excluding tert-OH is 1. The maximum absolute atomic E-state index is 11.0. The van der Waals surface area contributed by atoms with E-state index >= 15 is 0 Å². The molecule has 1 N–H and O–H groups in total. The Kier molecular flexibility index (Phi) is 21.9. The Morgan fingerprint density at radius 2 is 0.821 bits per heavy atom. The number of hydrogen-bond acceptors (Lipinski definition) is 5. The highest BCUT2D eigenvalue weighted by atomic mass is 28.4. The van der Waals surface area contributed by atoms with Crippen LogP contribution in [0, 0.1) is 41.4 Å². The van der Waals surface area contributed by atoms with Crippen LogP contribution in [0.4, 0.5) is 0 Å². The molecule has 6 aromatic carbocycles. The molecule has 0 bridgehead atoms. The number of rotatable bonds is 24. The third kappa shape index (κ3) is 14.0. The number of aliphatic hydroxyl groups is 1. The molecule has 452 valence electrons. The van der Waals surface area contributed by atoms with Gasteiger partial charge in [0.05, 0.1) is 20.3 Å². The molecule has 4 aliphatic rings. The summed E-state index contributed by atoms with van der Waals surface area (Å²) in [6.07, 6.45) is 21.1. The molecule has 6 aromatic rings. The molecule has 2 saturated carbocycles. The minimum Gasteiger partial charge on any atom is -0.496 e. The SMILES string of the molecule is CCCCC[C@H](C)CC[C@@H]1[C@H]2Cc3cccc(OC)c3C[C@H]2C[C@H]1O[Si](c1ccccc1)(c1ccccc1)C(C)(C)C.CCCCC[C@H](O)CC[C@@H]1[C@H]2Cc3cccc(OC)c3C[C@H]2C[C@H]1O[Si](c1ccccc1)(c1ccccc1)C(C)(C)C. The van der Waals surface area contributed by atoms with Crippen molar-refractivity contribution in [3.8, 4) is 11.5 Å². The van der Waals surface area contributed by atoms with Crippen LogP contribution in [0.25, 0.3) is 0 Å². The average molecular weight is 1170 g/mol. The topological polar surface area (TPSA) is 57.2 Å². The monoisotopic (exact) mass is 1170 g/mol. The molecule has 5 nitrogen and oxygen atoms in total. The van der Waals surface area contributed by atoms with Gasteiger partial charge in [-0.15, -0.1) is 0 Å². The van der Waals surface area contributed by atoms with Crippen molar-refractivity contribution in [2.24, 2.45) is 41.4 Å². The molecule has 2 fully saturated rings. The molecule has 10 atom stereocenters. The summed E-state index contributed by atoms with van der Waals surface area (Å²) in [6.45, 7) is 21.4. The summed E-state index contributed by atoms with van der Waals surface area (Å²) in [7, 11) is -1.69. The zero-order valence-electron chi connectivity index (χ0n) is 53.6. The van der Waals surface area contributed by atoms with Crippen LogP contribution in [-0.2, 0) is 34.5 Å². The summed E-state index contributed by atoms with van der Waals surface area (Å²) in [5, 5.41) is 16.4. The van der Waals surface area contributed by atoms with Gasteiger partial charge >= 0.3 is 0 Å². The van der Waals surface area contributed by atoms with Crippen molar-refractivity contribution in [3.05, 3.63) is 180 Å². The zero-order chi connectivity index (χ0) is 59.5. The molecule has 0 radical (unpaired) electrons. The number of ether oxygens (including phenoxy) is 2. The molecule has 0 amide bonds. The van der Waals surface area contributed by atoms with Crippen molar-refractivity contribution in [3.63, 3.8) is 0 Å². The number of fused-ring (bicyclic) bond motifs is 4. The smallest absolute Gasteiger partial charge is 0.261 e. The molecule has 84 heavy (non-hydrogen) atoms. The highest BCUT2D eigenvalue weighted by molar-refractivity contribution is 7.00. The van der Waals surface area contributed by atoms with Gasteiger partial charge in [-0.2, -0.15) is 0 Å². The van der Waals surface area contributed by atoms with Gasteiger partial charge in [0, 0.05) is 12.2 Å². The van der Waals surface area contributed by atoms with Gasteiger partial charge in [0.1, 0.15) is 11.5 Å². The second-order valence-corrected chi connectivity index (χ2v) is 36.7. The summed E-state index contributed by atoms with van der Waals surface area (Å²) < 4.78 is 27.5. The number of hydrogen-bond donors (Lipinski definition) is 1. The van der Waals surface area contributed by atoms with Crippen LogP contribution in [0.3, 0.4) is 0 Å². The third-order valence-corrected chi connectivity index (χ3v) is 31.0. The van der Waals surface area contributed by atoms with Crippen LogP contribution < -0.4 is 30.2 Å². The third-order valence-electron chi connectivity index (χ3n) is 20.8. The van der Waals surface area contributed by atoms with E-state index < -0.39 is 16.6 Å². The Bertz CT molecular complexity index is 2650. The minimum atomic E-state index is -2.69. The lowest BCUT2D eigenvalue weighted by Gasteiger charge is -2.46. The highest BCUT2D eigenvalue weighted by Crippen LogP contribution is 2.54. The lowest BCUT2D eigenvalue weighted by molar-refractivity contribution is 0.0949. The molecule has 0 heterocycles. The zero-order valence-corrected chi connectivity index (χ0v) is 55.6. The summed E-state index contributed by atoms with van der Waals surface area (Å²) in [5.74, 6) is 6.36. The second-order valence-electron chi connectivity index (χ2n) is 28.2. The number of unbranched alkanes of at least 4 members (excludes halogenated alkanes) is 4. The van der Waals surface area contributed by atoms with Crippen LogP contribution in [0.15, 0.2) is 158 Å². The molecule has 0 aliphatic heterocycles. The number of methoxy groups -OCH3 is 2. The highest BCUT2D eigenvalue weighted by Gasteiger charge is 2.57. The molecule has 7 heteroatoms. The largest absolute Gasteiger partial charge is 0.496 e. The first-order valence-corrected chi connectivity index (χ1v) is 36.9. The Labute approximate surface area is 511 Å². The van der Waals surface area contributed by atoms with Crippen molar-refractivity contribution in [1.29, 1.82) is 0 Å². The fourth-order valence-corrected chi connectivity index (χ4v) is 26.0. The van der Waals surface area contributed by atoms with E-state index in [1.807, 2.05) is 7.11 Å². The van der Waals surface area contributed by atoms with Crippen molar-refractivity contribution in [2.45, 2.75) is 206 Å².